The number of carboxylic acid groups (broad SMARTS) is 1. The van der Waals surface area contributed by atoms with E-state index in [0.29, 0.717) is 0 Å². The van der Waals surface area contributed by atoms with Gasteiger partial charge in [-0.2, -0.15) is 0 Å². The number of sulfonamides is 1. The number of carbonyl (C=O) groups is 1. The smallest absolute Gasteiger partial charge is 0.354 e. The molecule has 0 atom stereocenters. The largest absolute Gasteiger partial charge is 0.477 e. The van der Waals surface area contributed by atoms with E-state index in [0.717, 1.165) is 12.1 Å². The Balaban J connectivity index is 2.33. The van der Waals surface area contributed by atoms with Gasteiger partial charge >= 0.3 is 5.97 Å². The maximum absolute atomic E-state index is 13.0. The number of halogens is 1. The van der Waals surface area contributed by atoms with E-state index in [4.69, 9.17) is 5.11 Å². The van der Waals surface area contributed by atoms with E-state index in [1.165, 1.54) is 30.3 Å². The van der Waals surface area contributed by atoms with Gasteiger partial charge in [-0.3, -0.25) is 4.72 Å². The van der Waals surface area contributed by atoms with Crippen LogP contribution in [0.15, 0.2) is 47.4 Å². The molecule has 8 heteroatoms. The number of carboxylic acids is 1. The maximum Gasteiger partial charge on any atom is 0.354 e. The summed E-state index contributed by atoms with van der Waals surface area (Å²) in [6, 6.07) is 8.30. The van der Waals surface area contributed by atoms with Crippen molar-refractivity contribution in [3.05, 3.63) is 54.0 Å². The van der Waals surface area contributed by atoms with Crippen molar-refractivity contribution in [1.29, 1.82) is 0 Å². The number of aromatic nitrogens is 1. The summed E-state index contributed by atoms with van der Waals surface area (Å²) in [6.45, 7) is 0. The van der Waals surface area contributed by atoms with Gasteiger partial charge in [-0.25, -0.2) is 22.6 Å². The fraction of sp³-hybridized carbons (Fsp3) is 0. The van der Waals surface area contributed by atoms with Crippen LogP contribution in [0.2, 0.25) is 0 Å². The molecule has 2 rings (SSSR count). The van der Waals surface area contributed by atoms with E-state index in [2.05, 4.69) is 9.71 Å². The van der Waals surface area contributed by atoms with Gasteiger partial charge in [0.1, 0.15) is 11.6 Å². The van der Waals surface area contributed by atoms with Crippen LogP contribution in [0.25, 0.3) is 0 Å². The number of hydrogen-bond acceptors (Lipinski definition) is 4. The van der Waals surface area contributed by atoms with Crippen molar-refractivity contribution in [2.75, 3.05) is 4.72 Å². The maximum atomic E-state index is 13.0. The summed E-state index contributed by atoms with van der Waals surface area (Å²) in [6.07, 6.45) is 0. The zero-order valence-corrected chi connectivity index (χ0v) is 10.8. The van der Waals surface area contributed by atoms with E-state index >= 15 is 0 Å². The first kappa shape index (κ1) is 13.9. The minimum Gasteiger partial charge on any atom is -0.477 e. The molecule has 0 aliphatic heterocycles. The van der Waals surface area contributed by atoms with Crippen LogP contribution in [-0.4, -0.2) is 24.5 Å². The second-order valence-electron chi connectivity index (χ2n) is 3.78. The van der Waals surface area contributed by atoms with E-state index in [1.54, 1.807) is 0 Å². The average Bonchev–Trinajstić information content (AvgIpc) is 2.38. The van der Waals surface area contributed by atoms with Crippen molar-refractivity contribution < 1.29 is 22.7 Å². The first-order chi connectivity index (χ1) is 9.38. The third-order valence-corrected chi connectivity index (χ3v) is 3.67. The molecule has 104 valence electrons. The molecule has 0 aliphatic rings. The number of rotatable bonds is 4. The van der Waals surface area contributed by atoms with Gasteiger partial charge in [-0.15, -0.1) is 0 Å². The summed E-state index contributed by atoms with van der Waals surface area (Å²) in [5.41, 5.74) is -0.301. The van der Waals surface area contributed by atoms with Crippen molar-refractivity contribution in [2.45, 2.75) is 4.90 Å². The van der Waals surface area contributed by atoms with Crippen LogP contribution in [-0.2, 0) is 10.0 Å². The molecule has 1 heterocycles. The zero-order valence-electron chi connectivity index (χ0n) is 9.95. The number of anilines is 1. The van der Waals surface area contributed by atoms with Crippen molar-refractivity contribution in [1.82, 2.24) is 4.98 Å². The number of aromatic carboxylic acids is 1. The molecule has 2 aromatic rings. The molecule has 0 unspecified atom stereocenters. The van der Waals surface area contributed by atoms with E-state index in [-0.39, 0.29) is 16.4 Å². The Morgan fingerprint density at radius 1 is 1.20 bits per heavy atom. The van der Waals surface area contributed by atoms with Gasteiger partial charge in [0.2, 0.25) is 0 Å². The summed E-state index contributed by atoms with van der Waals surface area (Å²) < 4.78 is 39.0. The number of benzene rings is 1. The van der Waals surface area contributed by atoms with Crippen molar-refractivity contribution >= 4 is 21.8 Å². The lowest BCUT2D eigenvalue weighted by atomic mass is 10.3. The van der Waals surface area contributed by atoms with Crippen molar-refractivity contribution in [3.8, 4) is 0 Å². The highest BCUT2D eigenvalue weighted by Gasteiger charge is 2.16. The molecule has 1 aromatic heterocycles. The summed E-state index contributed by atoms with van der Waals surface area (Å²) >= 11 is 0. The molecule has 0 saturated heterocycles. The van der Waals surface area contributed by atoms with Crippen LogP contribution in [0.1, 0.15) is 10.5 Å². The quantitative estimate of drug-likeness (QED) is 0.895. The van der Waals surface area contributed by atoms with Gasteiger partial charge in [0.25, 0.3) is 10.0 Å². The minimum absolute atomic E-state index is 0.158. The van der Waals surface area contributed by atoms with E-state index in [9.17, 15) is 17.6 Å². The summed E-state index contributed by atoms with van der Waals surface area (Å²) in [7, 11) is -4.02. The van der Waals surface area contributed by atoms with Crippen LogP contribution in [0.5, 0.6) is 0 Å². The lowest BCUT2D eigenvalue weighted by Crippen LogP contribution is -2.15. The SMILES string of the molecule is O=C(O)c1cccc(NS(=O)(=O)c2cccc(F)c2)n1. The Hall–Kier alpha value is -2.48. The van der Waals surface area contributed by atoms with Gasteiger partial charge in [0, 0.05) is 0 Å². The van der Waals surface area contributed by atoms with Crippen LogP contribution in [0.3, 0.4) is 0 Å². The van der Waals surface area contributed by atoms with Crippen LogP contribution in [0, 0.1) is 5.82 Å². The van der Waals surface area contributed by atoms with Crippen molar-refractivity contribution in [3.63, 3.8) is 0 Å². The summed E-state index contributed by atoms with van der Waals surface area (Å²) in [4.78, 5) is 14.1. The number of pyridine rings is 1. The van der Waals surface area contributed by atoms with Gasteiger partial charge < -0.3 is 5.11 Å². The fourth-order valence-corrected chi connectivity index (χ4v) is 2.47. The van der Waals surface area contributed by atoms with Gasteiger partial charge in [0.05, 0.1) is 4.90 Å². The molecule has 0 aliphatic carbocycles. The number of nitrogens with one attached hydrogen (secondary N) is 1. The Morgan fingerprint density at radius 3 is 2.55 bits per heavy atom. The molecule has 0 fully saturated rings. The Kier molecular flexibility index (Phi) is 3.66. The molecule has 0 spiro atoms. The molecular formula is C12H9FN2O4S. The van der Waals surface area contributed by atoms with Crippen LogP contribution in [0.4, 0.5) is 10.2 Å². The Bertz CT molecular complexity index is 762. The third-order valence-electron chi connectivity index (χ3n) is 2.31. The highest BCUT2D eigenvalue weighted by atomic mass is 32.2. The minimum atomic E-state index is -4.02. The highest BCUT2D eigenvalue weighted by Crippen LogP contribution is 2.15. The van der Waals surface area contributed by atoms with E-state index in [1.807, 2.05) is 0 Å². The molecule has 0 bridgehead atoms. The van der Waals surface area contributed by atoms with Gasteiger partial charge in [-0.05, 0) is 30.3 Å². The number of hydrogen-bond donors (Lipinski definition) is 2. The number of nitrogens with zero attached hydrogens (tertiary/aromatic N) is 1. The first-order valence-corrected chi connectivity index (χ1v) is 6.85. The molecule has 20 heavy (non-hydrogen) atoms. The van der Waals surface area contributed by atoms with Gasteiger partial charge in [-0.1, -0.05) is 12.1 Å². The summed E-state index contributed by atoms with van der Waals surface area (Å²) in [5.74, 6) is -2.13. The molecule has 1 aromatic carbocycles. The molecule has 0 radical (unpaired) electrons. The van der Waals surface area contributed by atoms with Gasteiger partial charge in [0.15, 0.2) is 5.69 Å². The molecule has 0 saturated carbocycles. The molecule has 0 amide bonds. The normalized spacial score (nSPS) is 11.1. The fourth-order valence-electron chi connectivity index (χ4n) is 1.44. The molecule has 6 nitrogen and oxygen atoms in total. The summed E-state index contributed by atoms with van der Waals surface area (Å²) in [5, 5.41) is 8.77. The average molecular weight is 296 g/mol. The topological polar surface area (TPSA) is 96.4 Å². The zero-order chi connectivity index (χ0) is 14.8. The first-order valence-electron chi connectivity index (χ1n) is 5.37. The molecule has 2 N–H and O–H groups in total. The second-order valence-corrected chi connectivity index (χ2v) is 5.46. The monoisotopic (exact) mass is 296 g/mol. The predicted octanol–water partition coefficient (Wildman–Crippen LogP) is 1.72. The lowest BCUT2D eigenvalue weighted by Gasteiger charge is -2.07. The Labute approximate surface area is 114 Å². The third kappa shape index (κ3) is 3.09. The highest BCUT2D eigenvalue weighted by molar-refractivity contribution is 7.92. The second kappa shape index (κ2) is 5.25. The van der Waals surface area contributed by atoms with Crippen molar-refractivity contribution in [2.24, 2.45) is 0 Å². The van der Waals surface area contributed by atoms with E-state index < -0.39 is 21.8 Å². The Morgan fingerprint density at radius 2 is 1.90 bits per heavy atom. The van der Waals surface area contributed by atoms with Crippen LogP contribution >= 0.6 is 0 Å². The van der Waals surface area contributed by atoms with Crippen LogP contribution < -0.4 is 4.72 Å². The predicted molar refractivity (Wildman–Crippen MR) is 68.4 cm³/mol. The lowest BCUT2D eigenvalue weighted by molar-refractivity contribution is 0.0690. The molecular weight excluding hydrogens is 287 g/mol. The standard InChI is InChI=1S/C12H9FN2O4S/c13-8-3-1-4-9(7-8)20(18,19)15-11-6-2-5-10(14-11)12(16)17/h1-7H,(H,14,15)(H,16,17).